The van der Waals surface area contributed by atoms with E-state index in [2.05, 4.69) is 19.2 Å². The highest BCUT2D eigenvalue weighted by molar-refractivity contribution is 6.40. The molecule has 0 fully saturated rings. The van der Waals surface area contributed by atoms with Gasteiger partial charge in [-0.15, -0.1) is 0 Å². The molecule has 1 amide bonds. The van der Waals surface area contributed by atoms with Crippen LogP contribution in [-0.4, -0.2) is 5.91 Å². The molecule has 122 valence electrons. The summed E-state index contributed by atoms with van der Waals surface area (Å²) in [6.07, 6.45) is 1.53. The molecule has 5 heteroatoms. The molecule has 2 aromatic rings. The second kappa shape index (κ2) is 8.01. The van der Waals surface area contributed by atoms with Crippen molar-refractivity contribution in [3.05, 3.63) is 69.2 Å². The zero-order valence-electron chi connectivity index (χ0n) is 13.3. The van der Waals surface area contributed by atoms with Crippen LogP contribution in [0.4, 0.5) is 5.69 Å². The van der Waals surface area contributed by atoms with E-state index in [1.165, 1.54) is 11.6 Å². The van der Waals surface area contributed by atoms with Crippen molar-refractivity contribution in [2.75, 3.05) is 5.32 Å². The highest BCUT2D eigenvalue weighted by Gasteiger charge is 2.13. The van der Waals surface area contributed by atoms with Crippen molar-refractivity contribution >= 4 is 40.9 Å². The average molecular weight is 359 g/mol. The van der Waals surface area contributed by atoms with Gasteiger partial charge in [-0.25, -0.2) is 0 Å². The summed E-state index contributed by atoms with van der Waals surface area (Å²) in [5, 5.41) is 12.5. The number of carbonyl (C=O) groups excluding carboxylic acids is 1. The molecule has 2 rings (SSSR count). The topological polar surface area (TPSA) is 52.9 Å². The smallest absolute Gasteiger partial charge is 0.266 e. The van der Waals surface area contributed by atoms with Crippen molar-refractivity contribution in [1.29, 1.82) is 5.26 Å². The number of para-hydroxylation sites is 1. The van der Waals surface area contributed by atoms with Crippen molar-refractivity contribution in [1.82, 2.24) is 0 Å². The van der Waals surface area contributed by atoms with Crippen LogP contribution in [0.2, 0.25) is 10.0 Å². The van der Waals surface area contributed by atoms with Crippen LogP contribution in [0.3, 0.4) is 0 Å². The molecule has 0 aliphatic heterocycles. The van der Waals surface area contributed by atoms with Crippen LogP contribution in [0.25, 0.3) is 6.08 Å². The molecule has 24 heavy (non-hydrogen) atoms. The number of anilines is 1. The predicted octanol–water partition coefficient (Wildman–Crippen LogP) is 5.66. The molecular weight excluding hydrogens is 343 g/mol. The van der Waals surface area contributed by atoms with Gasteiger partial charge < -0.3 is 5.32 Å². The molecule has 1 N–H and O–H groups in total. The van der Waals surface area contributed by atoms with Crippen molar-refractivity contribution in [2.45, 2.75) is 19.8 Å². The maximum absolute atomic E-state index is 12.3. The molecule has 0 aliphatic carbocycles. The fourth-order valence-electron chi connectivity index (χ4n) is 2.09. The second-order valence-electron chi connectivity index (χ2n) is 5.54. The van der Waals surface area contributed by atoms with Crippen LogP contribution >= 0.6 is 23.2 Å². The summed E-state index contributed by atoms with van der Waals surface area (Å²) in [5.74, 6) is -0.135. The molecule has 0 aliphatic rings. The average Bonchev–Trinajstić information content (AvgIpc) is 2.56. The minimum absolute atomic E-state index is 0.0247. The fraction of sp³-hybridized carbons (Fsp3) is 0.158. The van der Waals surface area contributed by atoms with Crippen LogP contribution in [-0.2, 0) is 4.79 Å². The van der Waals surface area contributed by atoms with E-state index in [-0.39, 0.29) is 5.57 Å². The third-order valence-corrected chi connectivity index (χ3v) is 4.11. The van der Waals surface area contributed by atoms with Gasteiger partial charge in [0, 0.05) is 0 Å². The van der Waals surface area contributed by atoms with Crippen LogP contribution < -0.4 is 5.32 Å². The third-order valence-electron chi connectivity index (χ3n) is 3.48. The molecule has 0 heterocycles. The molecule has 0 saturated heterocycles. The maximum atomic E-state index is 12.3. The Bertz CT molecular complexity index is 798. The van der Waals surface area contributed by atoms with Crippen molar-refractivity contribution in [3.8, 4) is 6.07 Å². The fourth-order valence-corrected chi connectivity index (χ4v) is 2.58. The van der Waals surface area contributed by atoms with E-state index in [0.29, 0.717) is 21.7 Å². The SMILES string of the molecule is CC(C)c1ccc(/C=C(\C#N)C(=O)Nc2c(Cl)cccc2Cl)cc1. The first-order valence-corrected chi connectivity index (χ1v) is 8.15. The first-order chi connectivity index (χ1) is 11.4. The van der Waals surface area contributed by atoms with Gasteiger partial charge in [-0.2, -0.15) is 5.26 Å². The monoisotopic (exact) mass is 358 g/mol. The van der Waals surface area contributed by atoms with Gasteiger partial charge in [0.1, 0.15) is 11.6 Å². The van der Waals surface area contributed by atoms with Crippen LogP contribution in [0.15, 0.2) is 48.0 Å². The van der Waals surface area contributed by atoms with Gasteiger partial charge in [0.25, 0.3) is 5.91 Å². The van der Waals surface area contributed by atoms with Gasteiger partial charge in [0.05, 0.1) is 15.7 Å². The zero-order valence-corrected chi connectivity index (χ0v) is 14.8. The molecule has 0 radical (unpaired) electrons. The molecule has 0 bridgehead atoms. The van der Waals surface area contributed by atoms with Crippen LogP contribution in [0.5, 0.6) is 0 Å². The number of hydrogen-bond acceptors (Lipinski definition) is 2. The minimum Gasteiger partial charge on any atom is -0.319 e. The van der Waals surface area contributed by atoms with E-state index in [1.54, 1.807) is 18.2 Å². The molecule has 0 unspecified atom stereocenters. The lowest BCUT2D eigenvalue weighted by Crippen LogP contribution is -2.14. The van der Waals surface area contributed by atoms with Crippen molar-refractivity contribution < 1.29 is 4.79 Å². The largest absolute Gasteiger partial charge is 0.319 e. The van der Waals surface area contributed by atoms with E-state index < -0.39 is 5.91 Å². The Kier molecular flexibility index (Phi) is 6.03. The summed E-state index contributed by atoms with van der Waals surface area (Å²) in [5.41, 5.74) is 2.24. The number of nitriles is 1. The number of rotatable bonds is 4. The first-order valence-electron chi connectivity index (χ1n) is 7.39. The molecule has 2 aromatic carbocycles. The van der Waals surface area contributed by atoms with Gasteiger partial charge in [-0.3, -0.25) is 4.79 Å². The Morgan fingerprint density at radius 1 is 1.12 bits per heavy atom. The summed E-state index contributed by atoms with van der Waals surface area (Å²) in [6.45, 7) is 4.21. The summed E-state index contributed by atoms with van der Waals surface area (Å²) in [6, 6.07) is 14.5. The van der Waals surface area contributed by atoms with Gasteiger partial charge >= 0.3 is 0 Å². The minimum atomic E-state index is -0.555. The Labute approximate surface area is 151 Å². The van der Waals surface area contributed by atoms with Gasteiger partial charge in [0.15, 0.2) is 0 Å². The Morgan fingerprint density at radius 3 is 2.21 bits per heavy atom. The number of amides is 1. The van der Waals surface area contributed by atoms with Crippen molar-refractivity contribution in [2.24, 2.45) is 0 Å². The maximum Gasteiger partial charge on any atom is 0.266 e. The van der Waals surface area contributed by atoms with Gasteiger partial charge in [-0.1, -0.05) is 67.4 Å². The van der Waals surface area contributed by atoms with Crippen LogP contribution in [0.1, 0.15) is 30.9 Å². The molecule has 0 aromatic heterocycles. The molecule has 0 saturated carbocycles. The summed E-state index contributed by atoms with van der Waals surface area (Å²) < 4.78 is 0. The lowest BCUT2D eigenvalue weighted by Gasteiger charge is -2.08. The number of halogens is 2. The van der Waals surface area contributed by atoms with E-state index in [0.717, 1.165) is 5.56 Å². The van der Waals surface area contributed by atoms with E-state index >= 15 is 0 Å². The number of hydrogen-bond donors (Lipinski definition) is 1. The van der Waals surface area contributed by atoms with E-state index in [4.69, 9.17) is 23.2 Å². The number of carbonyl (C=O) groups is 1. The summed E-state index contributed by atoms with van der Waals surface area (Å²) in [4.78, 5) is 12.3. The molecular formula is C19H16Cl2N2O. The van der Waals surface area contributed by atoms with Crippen LogP contribution in [0, 0.1) is 11.3 Å². The molecule has 3 nitrogen and oxygen atoms in total. The normalized spacial score (nSPS) is 11.2. The quantitative estimate of drug-likeness (QED) is 0.565. The lowest BCUT2D eigenvalue weighted by atomic mass is 10.0. The molecule has 0 atom stereocenters. The van der Waals surface area contributed by atoms with E-state index in [1.807, 2.05) is 30.3 Å². The number of nitrogens with one attached hydrogen (secondary N) is 1. The predicted molar refractivity (Wildman–Crippen MR) is 99.2 cm³/mol. The lowest BCUT2D eigenvalue weighted by molar-refractivity contribution is -0.112. The first kappa shape index (κ1) is 18.1. The highest BCUT2D eigenvalue weighted by atomic mass is 35.5. The van der Waals surface area contributed by atoms with Gasteiger partial charge in [-0.05, 0) is 35.3 Å². The number of benzene rings is 2. The number of nitrogens with zero attached hydrogens (tertiary/aromatic N) is 1. The van der Waals surface area contributed by atoms with Crippen molar-refractivity contribution in [3.63, 3.8) is 0 Å². The third kappa shape index (κ3) is 4.38. The second-order valence-corrected chi connectivity index (χ2v) is 6.36. The Hall–Kier alpha value is -2.28. The van der Waals surface area contributed by atoms with Gasteiger partial charge in [0.2, 0.25) is 0 Å². The Balaban J connectivity index is 2.24. The highest BCUT2D eigenvalue weighted by Crippen LogP contribution is 2.30. The standard InChI is InChI=1S/C19H16Cl2N2O/c1-12(2)14-8-6-13(7-9-14)10-15(11-22)19(24)23-18-16(20)4-3-5-17(18)21/h3-10,12H,1-2H3,(H,23,24)/b15-10+. The summed E-state index contributed by atoms with van der Waals surface area (Å²) in [7, 11) is 0. The van der Waals surface area contributed by atoms with E-state index in [9.17, 15) is 10.1 Å². The molecule has 0 spiro atoms. The Morgan fingerprint density at radius 2 is 1.71 bits per heavy atom. The zero-order chi connectivity index (χ0) is 17.7. The summed E-state index contributed by atoms with van der Waals surface area (Å²) >= 11 is 12.1.